The van der Waals surface area contributed by atoms with E-state index in [9.17, 15) is 9.90 Å². The maximum atomic E-state index is 12.0. The van der Waals surface area contributed by atoms with E-state index in [-0.39, 0.29) is 18.2 Å². The second-order valence-corrected chi connectivity index (χ2v) is 6.24. The monoisotopic (exact) mass is 397 g/mol. The molecule has 1 heterocycles. The third-order valence-corrected chi connectivity index (χ3v) is 4.37. The standard InChI is InChI=1S/C17H21Cl2N5O2/c1-3-20-17(21-9-12-8-14(18)16(19)24(12)2)22-10-15(26)23-11-4-6-13(25)7-5-11/h4-8,25H,3,9-10H2,1-2H3,(H,23,26)(H2,20,21,22). The molecule has 9 heteroatoms. The number of phenolic OH excluding ortho intramolecular Hbond substituents is 1. The molecule has 140 valence electrons. The fourth-order valence-electron chi connectivity index (χ4n) is 2.16. The molecule has 0 unspecified atom stereocenters. The number of aliphatic imine (C=N–C) groups is 1. The van der Waals surface area contributed by atoms with Crippen LogP contribution in [0.3, 0.4) is 0 Å². The number of rotatable bonds is 6. The summed E-state index contributed by atoms with van der Waals surface area (Å²) in [6, 6.07) is 8.01. The van der Waals surface area contributed by atoms with E-state index in [2.05, 4.69) is 20.9 Å². The number of carbonyl (C=O) groups is 1. The SMILES string of the molecule is CCNC(=NCc1cc(Cl)c(Cl)n1C)NCC(=O)Nc1ccc(O)cc1. The highest BCUT2D eigenvalue weighted by molar-refractivity contribution is 6.41. The van der Waals surface area contributed by atoms with Gasteiger partial charge >= 0.3 is 0 Å². The molecule has 1 aromatic carbocycles. The first-order valence-corrected chi connectivity index (χ1v) is 8.77. The molecule has 26 heavy (non-hydrogen) atoms. The van der Waals surface area contributed by atoms with Crippen LogP contribution in [0.15, 0.2) is 35.3 Å². The highest BCUT2D eigenvalue weighted by Crippen LogP contribution is 2.25. The Morgan fingerprint density at radius 2 is 1.92 bits per heavy atom. The number of nitrogens with one attached hydrogen (secondary N) is 3. The Kier molecular flexibility index (Phi) is 7.17. The van der Waals surface area contributed by atoms with E-state index in [1.54, 1.807) is 22.8 Å². The van der Waals surface area contributed by atoms with Gasteiger partial charge in [-0.25, -0.2) is 4.99 Å². The van der Waals surface area contributed by atoms with Crippen molar-refractivity contribution in [2.75, 3.05) is 18.4 Å². The number of anilines is 1. The Bertz CT molecular complexity index is 787. The number of aromatic nitrogens is 1. The van der Waals surface area contributed by atoms with Crippen LogP contribution in [0.5, 0.6) is 5.75 Å². The van der Waals surface area contributed by atoms with Gasteiger partial charge in [0, 0.05) is 25.0 Å². The van der Waals surface area contributed by atoms with Crippen LogP contribution in [0, 0.1) is 0 Å². The topological polar surface area (TPSA) is 90.7 Å². The van der Waals surface area contributed by atoms with Crippen LogP contribution in [0.4, 0.5) is 5.69 Å². The fraction of sp³-hybridized carbons (Fsp3) is 0.294. The van der Waals surface area contributed by atoms with Crippen LogP contribution >= 0.6 is 23.2 Å². The molecule has 0 fully saturated rings. The van der Waals surface area contributed by atoms with Crippen molar-refractivity contribution in [2.24, 2.45) is 12.0 Å². The first-order valence-electron chi connectivity index (χ1n) is 8.01. The molecule has 4 N–H and O–H groups in total. The lowest BCUT2D eigenvalue weighted by Gasteiger charge is -2.12. The number of halogens is 2. The van der Waals surface area contributed by atoms with E-state index < -0.39 is 0 Å². The zero-order valence-corrected chi connectivity index (χ0v) is 16.0. The third kappa shape index (κ3) is 5.57. The Morgan fingerprint density at radius 1 is 1.23 bits per heavy atom. The van der Waals surface area contributed by atoms with E-state index in [0.717, 1.165) is 5.69 Å². The summed E-state index contributed by atoms with van der Waals surface area (Å²) in [5.74, 6) is 0.414. The summed E-state index contributed by atoms with van der Waals surface area (Å²) >= 11 is 12.0. The molecule has 0 atom stereocenters. The van der Waals surface area contributed by atoms with Gasteiger partial charge in [-0.2, -0.15) is 0 Å². The quantitative estimate of drug-likeness (QED) is 0.342. The van der Waals surface area contributed by atoms with Crippen molar-refractivity contribution in [1.82, 2.24) is 15.2 Å². The largest absolute Gasteiger partial charge is 0.508 e. The summed E-state index contributed by atoms with van der Waals surface area (Å²) in [7, 11) is 1.81. The second-order valence-electron chi connectivity index (χ2n) is 5.48. The molecule has 0 radical (unpaired) electrons. The van der Waals surface area contributed by atoms with Gasteiger partial charge in [-0.05, 0) is 37.3 Å². The Hall–Kier alpha value is -2.38. The molecule has 2 aromatic rings. The van der Waals surface area contributed by atoms with Gasteiger partial charge in [-0.1, -0.05) is 23.2 Å². The predicted molar refractivity (Wildman–Crippen MR) is 105 cm³/mol. The van der Waals surface area contributed by atoms with Crippen LogP contribution in [-0.4, -0.2) is 34.6 Å². The van der Waals surface area contributed by atoms with Gasteiger partial charge in [0.15, 0.2) is 5.96 Å². The molecular formula is C17H21Cl2N5O2. The number of amides is 1. The minimum atomic E-state index is -0.230. The van der Waals surface area contributed by atoms with Crippen LogP contribution in [0.1, 0.15) is 12.6 Å². The number of hydrogen-bond donors (Lipinski definition) is 4. The summed E-state index contributed by atoms with van der Waals surface area (Å²) in [6.45, 7) is 2.99. The van der Waals surface area contributed by atoms with Crippen molar-refractivity contribution < 1.29 is 9.90 Å². The normalized spacial score (nSPS) is 11.3. The van der Waals surface area contributed by atoms with E-state index >= 15 is 0 Å². The van der Waals surface area contributed by atoms with Crippen molar-refractivity contribution in [3.05, 3.63) is 46.2 Å². The van der Waals surface area contributed by atoms with E-state index in [1.807, 2.05) is 14.0 Å². The molecule has 1 aromatic heterocycles. The minimum Gasteiger partial charge on any atom is -0.508 e. The Balaban J connectivity index is 1.93. The number of hydrogen-bond acceptors (Lipinski definition) is 3. The van der Waals surface area contributed by atoms with Crippen molar-refractivity contribution in [3.8, 4) is 5.75 Å². The van der Waals surface area contributed by atoms with Crippen molar-refractivity contribution in [1.29, 1.82) is 0 Å². The molecule has 0 aliphatic rings. The molecule has 2 rings (SSSR count). The highest BCUT2D eigenvalue weighted by atomic mass is 35.5. The second kappa shape index (κ2) is 9.35. The molecule has 0 saturated heterocycles. The third-order valence-electron chi connectivity index (χ3n) is 3.53. The van der Waals surface area contributed by atoms with Crippen LogP contribution in [-0.2, 0) is 18.4 Å². The van der Waals surface area contributed by atoms with Crippen molar-refractivity contribution in [3.63, 3.8) is 0 Å². The summed E-state index contributed by atoms with van der Waals surface area (Å²) in [5.41, 5.74) is 1.45. The number of guanidine groups is 1. The zero-order chi connectivity index (χ0) is 19.1. The molecule has 0 bridgehead atoms. The maximum absolute atomic E-state index is 12.0. The lowest BCUT2D eigenvalue weighted by atomic mass is 10.3. The van der Waals surface area contributed by atoms with E-state index in [0.29, 0.717) is 34.9 Å². The van der Waals surface area contributed by atoms with Crippen molar-refractivity contribution >= 4 is 40.8 Å². The highest BCUT2D eigenvalue weighted by Gasteiger charge is 2.09. The van der Waals surface area contributed by atoms with Gasteiger partial charge in [0.25, 0.3) is 0 Å². The molecule has 0 aliphatic carbocycles. The average Bonchev–Trinajstić information content (AvgIpc) is 2.86. The van der Waals surface area contributed by atoms with E-state index in [1.165, 1.54) is 12.1 Å². The van der Waals surface area contributed by atoms with Gasteiger partial charge in [0.2, 0.25) is 5.91 Å². The number of nitrogens with zero attached hydrogens (tertiary/aromatic N) is 2. The lowest BCUT2D eigenvalue weighted by molar-refractivity contribution is -0.115. The van der Waals surface area contributed by atoms with Gasteiger partial charge < -0.3 is 25.6 Å². The first-order chi connectivity index (χ1) is 12.4. The molecule has 0 aliphatic heterocycles. The first kappa shape index (κ1) is 19.9. The van der Waals surface area contributed by atoms with Crippen LogP contribution in [0.25, 0.3) is 0 Å². The predicted octanol–water partition coefficient (Wildman–Crippen LogP) is 2.73. The molecule has 0 saturated carbocycles. The van der Waals surface area contributed by atoms with Gasteiger partial charge in [-0.15, -0.1) is 0 Å². The smallest absolute Gasteiger partial charge is 0.243 e. The molecule has 0 spiro atoms. The lowest BCUT2D eigenvalue weighted by Crippen LogP contribution is -2.41. The fourth-order valence-corrected chi connectivity index (χ4v) is 2.57. The summed E-state index contributed by atoms with van der Waals surface area (Å²) in [4.78, 5) is 16.5. The summed E-state index contributed by atoms with van der Waals surface area (Å²) < 4.78 is 1.76. The van der Waals surface area contributed by atoms with E-state index in [4.69, 9.17) is 23.2 Å². The van der Waals surface area contributed by atoms with Gasteiger partial charge in [0.1, 0.15) is 10.9 Å². The molecular weight excluding hydrogens is 377 g/mol. The summed E-state index contributed by atoms with van der Waals surface area (Å²) in [6.07, 6.45) is 0. The zero-order valence-electron chi connectivity index (χ0n) is 14.5. The number of carbonyl (C=O) groups excluding carboxylic acids is 1. The number of aromatic hydroxyl groups is 1. The Morgan fingerprint density at radius 3 is 2.50 bits per heavy atom. The van der Waals surface area contributed by atoms with Crippen LogP contribution < -0.4 is 16.0 Å². The van der Waals surface area contributed by atoms with Crippen LogP contribution in [0.2, 0.25) is 10.2 Å². The summed E-state index contributed by atoms with van der Waals surface area (Å²) in [5, 5.41) is 19.0. The molecule has 1 amide bonds. The maximum Gasteiger partial charge on any atom is 0.243 e. The number of benzene rings is 1. The van der Waals surface area contributed by atoms with Crippen molar-refractivity contribution in [2.45, 2.75) is 13.5 Å². The van der Waals surface area contributed by atoms with Gasteiger partial charge in [0.05, 0.1) is 18.1 Å². The molecule has 7 nitrogen and oxygen atoms in total. The number of phenols is 1. The Labute approximate surface area is 162 Å². The average molecular weight is 398 g/mol. The minimum absolute atomic E-state index is 0.0430. The van der Waals surface area contributed by atoms with Gasteiger partial charge in [-0.3, -0.25) is 4.79 Å².